The number of halogens is 1. The molecule has 1 heterocycles. The monoisotopic (exact) mass is 416 g/mol. The van der Waals surface area contributed by atoms with Gasteiger partial charge < -0.3 is 5.32 Å². The molecule has 9 heteroatoms. The molecule has 0 radical (unpaired) electrons. The SMILES string of the molecule is Cc1cnc(C(=O)Nc2ccc(C)c(S(=O)(=O)Nc3cccc(Cl)c3)c2)cn1. The molecule has 0 aliphatic carbocycles. The van der Waals surface area contributed by atoms with Crippen LogP contribution in [0.3, 0.4) is 0 Å². The van der Waals surface area contributed by atoms with E-state index in [4.69, 9.17) is 11.6 Å². The molecule has 0 aliphatic rings. The Hall–Kier alpha value is -2.97. The first-order chi connectivity index (χ1) is 13.2. The minimum Gasteiger partial charge on any atom is -0.321 e. The molecule has 3 aromatic rings. The average Bonchev–Trinajstić information content (AvgIpc) is 2.63. The zero-order valence-electron chi connectivity index (χ0n) is 15.1. The van der Waals surface area contributed by atoms with Gasteiger partial charge >= 0.3 is 0 Å². The van der Waals surface area contributed by atoms with Crippen molar-refractivity contribution in [3.05, 3.63) is 76.8 Å². The zero-order chi connectivity index (χ0) is 20.3. The molecule has 1 amide bonds. The predicted octanol–water partition coefficient (Wildman–Crippen LogP) is 3.80. The Morgan fingerprint density at radius 3 is 2.46 bits per heavy atom. The standard InChI is InChI=1S/C19H17ClN4O3S/c1-12-6-7-15(23-19(25)17-11-21-13(2)10-22-17)9-18(12)28(26,27)24-16-5-3-4-14(20)8-16/h3-11,24H,1-2H3,(H,23,25). The Kier molecular flexibility index (Phi) is 5.62. The number of aromatic nitrogens is 2. The Labute approximate surface area is 167 Å². The van der Waals surface area contributed by atoms with Crippen LogP contribution < -0.4 is 10.0 Å². The van der Waals surface area contributed by atoms with E-state index in [2.05, 4.69) is 20.0 Å². The number of carbonyl (C=O) groups excluding carboxylic acids is 1. The normalized spacial score (nSPS) is 11.1. The van der Waals surface area contributed by atoms with Crippen LogP contribution in [0.5, 0.6) is 0 Å². The number of nitrogens with one attached hydrogen (secondary N) is 2. The van der Waals surface area contributed by atoms with Gasteiger partial charge in [0.1, 0.15) is 5.69 Å². The molecule has 0 bridgehead atoms. The van der Waals surface area contributed by atoms with Gasteiger partial charge in [-0.25, -0.2) is 13.4 Å². The summed E-state index contributed by atoms with van der Waals surface area (Å²) in [5.74, 6) is -0.484. The van der Waals surface area contributed by atoms with E-state index in [-0.39, 0.29) is 10.6 Å². The first kappa shape index (κ1) is 19.8. The van der Waals surface area contributed by atoms with Crippen LogP contribution in [0.2, 0.25) is 5.02 Å². The Balaban J connectivity index is 1.86. The molecule has 0 atom stereocenters. The summed E-state index contributed by atoms with van der Waals surface area (Å²) in [6.45, 7) is 3.43. The van der Waals surface area contributed by atoms with Crippen molar-refractivity contribution in [2.75, 3.05) is 10.0 Å². The lowest BCUT2D eigenvalue weighted by molar-refractivity contribution is 0.102. The Morgan fingerprint density at radius 1 is 1.00 bits per heavy atom. The van der Waals surface area contributed by atoms with Gasteiger partial charge in [-0.05, 0) is 49.7 Å². The summed E-state index contributed by atoms with van der Waals surface area (Å²) >= 11 is 5.91. The fraction of sp³-hybridized carbons (Fsp3) is 0.105. The fourth-order valence-electron chi connectivity index (χ4n) is 2.43. The average molecular weight is 417 g/mol. The molecule has 0 unspecified atom stereocenters. The number of benzene rings is 2. The molecular formula is C19H17ClN4O3S. The molecule has 7 nitrogen and oxygen atoms in total. The number of hydrogen-bond acceptors (Lipinski definition) is 5. The summed E-state index contributed by atoms with van der Waals surface area (Å²) < 4.78 is 28.1. The van der Waals surface area contributed by atoms with Crippen LogP contribution in [0, 0.1) is 13.8 Å². The molecule has 0 saturated carbocycles. The van der Waals surface area contributed by atoms with Gasteiger partial charge in [-0.1, -0.05) is 23.7 Å². The molecule has 0 aliphatic heterocycles. The van der Waals surface area contributed by atoms with Crippen molar-refractivity contribution in [3.63, 3.8) is 0 Å². The largest absolute Gasteiger partial charge is 0.321 e. The summed E-state index contributed by atoms with van der Waals surface area (Å²) in [5, 5.41) is 3.05. The van der Waals surface area contributed by atoms with Crippen LogP contribution in [-0.2, 0) is 10.0 Å². The molecule has 3 rings (SSSR count). The van der Waals surface area contributed by atoms with Crippen molar-refractivity contribution < 1.29 is 13.2 Å². The van der Waals surface area contributed by atoms with Gasteiger partial charge in [0.2, 0.25) is 0 Å². The highest BCUT2D eigenvalue weighted by atomic mass is 35.5. The van der Waals surface area contributed by atoms with Gasteiger partial charge in [-0.3, -0.25) is 14.5 Å². The molecule has 0 fully saturated rings. The number of anilines is 2. The van der Waals surface area contributed by atoms with Crippen molar-refractivity contribution in [1.82, 2.24) is 9.97 Å². The number of rotatable bonds is 5. The summed E-state index contributed by atoms with van der Waals surface area (Å²) in [4.78, 5) is 20.4. The molecule has 144 valence electrons. The summed E-state index contributed by atoms with van der Waals surface area (Å²) in [5.41, 5.74) is 2.02. The second kappa shape index (κ2) is 7.95. The first-order valence-electron chi connectivity index (χ1n) is 8.24. The summed E-state index contributed by atoms with van der Waals surface area (Å²) in [7, 11) is -3.88. The number of carbonyl (C=O) groups is 1. The highest BCUT2D eigenvalue weighted by Gasteiger charge is 2.19. The van der Waals surface area contributed by atoms with Crippen molar-refractivity contribution in [2.45, 2.75) is 18.7 Å². The number of nitrogens with zero attached hydrogens (tertiary/aromatic N) is 2. The number of aryl methyl sites for hydroxylation is 2. The van der Waals surface area contributed by atoms with Crippen LogP contribution in [0.25, 0.3) is 0 Å². The second-order valence-electron chi connectivity index (χ2n) is 6.09. The van der Waals surface area contributed by atoms with Crippen LogP contribution >= 0.6 is 11.6 Å². The fourth-order valence-corrected chi connectivity index (χ4v) is 3.95. The van der Waals surface area contributed by atoms with E-state index in [1.54, 1.807) is 44.2 Å². The topological polar surface area (TPSA) is 101 Å². The van der Waals surface area contributed by atoms with E-state index < -0.39 is 15.9 Å². The Morgan fingerprint density at radius 2 is 1.79 bits per heavy atom. The number of hydrogen-bond donors (Lipinski definition) is 2. The lowest BCUT2D eigenvalue weighted by atomic mass is 10.2. The smallest absolute Gasteiger partial charge is 0.275 e. The minimum atomic E-state index is -3.88. The lowest BCUT2D eigenvalue weighted by Crippen LogP contribution is -2.17. The lowest BCUT2D eigenvalue weighted by Gasteiger charge is -2.13. The van der Waals surface area contributed by atoms with Gasteiger partial charge in [0.05, 0.1) is 22.5 Å². The third-order valence-electron chi connectivity index (χ3n) is 3.83. The molecular weight excluding hydrogens is 400 g/mol. The number of sulfonamides is 1. The van der Waals surface area contributed by atoms with Crippen molar-refractivity contribution in [1.29, 1.82) is 0 Å². The maximum absolute atomic E-state index is 12.8. The molecule has 2 N–H and O–H groups in total. The summed E-state index contributed by atoms with van der Waals surface area (Å²) in [6, 6.07) is 11.0. The van der Waals surface area contributed by atoms with Gasteiger partial charge in [0, 0.05) is 16.9 Å². The minimum absolute atomic E-state index is 0.0419. The van der Waals surface area contributed by atoms with Gasteiger partial charge in [-0.15, -0.1) is 0 Å². The van der Waals surface area contributed by atoms with Gasteiger partial charge in [0.15, 0.2) is 0 Å². The van der Waals surface area contributed by atoms with E-state index in [0.717, 1.165) is 0 Å². The van der Waals surface area contributed by atoms with Crippen LogP contribution in [0.4, 0.5) is 11.4 Å². The van der Waals surface area contributed by atoms with Crippen molar-refractivity contribution in [3.8, 4) is 0 Å². The maximum atomic E-state index is 12.8. The van der Waals surface area contributed by atoms with E-state index in [1.807, 2.05) is 0 Å². The van der Waals surface area contributed by atoms with E-state index in [9.17, 15) is 13.2 Å². The quantitative estimate of drug-likeness (QED) is 0.658. The van der Waals surface area contributed by atoms with Crippen LogP contribution in [0.15, 0.2) is 59.8 Å². The summed E-state index contributed by atoms with van der Waals surface area (Å²) in [6.07, 6.45) is 2.84. The molecule has 1 aromatic heterocycles. The second-order valence-corrected chi connectivity index (χ2v) is 8.18. The van der Waals surface area contributed by atoms with Gasteiger partial charge in [0.25, 0.3) is 15.9 Å². The molecule has 28 heavy (non-hydrogen) atoms. The zero-order valence-corrected chi connectivity index (χ0v) is 16.7. The van der Waals surface area contributed by atoms with E-state index in [0.29, 0.717) is 27.7 Å². The third kappa shape index (κ3) is 4.65. The first-order valence-corrected chi connectivity index (χ1v) is 10.1. The van der Waals surface area contributed by atoms with Crippen LogP contribution in [-0.4, -0.2) is 24.3 Å². The molecule has 2 aromatic carbocycles. The van der Waals surface area contributed by atoms with Gasteiger partial charge in [-0.2, -0.15) is 0 Å². The maximum Gasteiger partial charge on any atom is 0.275 e. The molecule has 0 spiro atoms. The Bertz CT molecular complexity index is 1130. The number of amides is 1. The highest BCUT2D eigenvalue weighted by Crippen LogP contribution is 2.24. The third-order valence-corrected chi connectivity index (χ3v) is 5.58. The van der Waals surface area contributed by atoms with E-state index in [1.165, 1.54) is 24.5 Å². The van der Waals surface area contributed by atoms with E-state index >= 15 is 0 Å². The predicted molar refractivity (Wildman–Crippen MR) is 108 cm³/mol. The molecule has 0 saturated heterocycles. The van der Waals surface area contributed by atoms with Crippen molar-refractivity contribution in [2.24, 2.45) is 0 Å². The van der Waals surface area contributed by atoms with Crippen LogP contribution in [0.1, 0.15) is 21.7 Å². The highest BCUT2D eigenvalue weighted by molar-refractivity contribution is 7.92. The van der Waals surface area contributed by atoms with Crippen molar-refractivity contribution >= 4 is 38.9 Å².